The zero-order valence-electron chi connectivity index (χ0n) is 14.8. The Morgan fingerprint density at radius 3 is 2.44 bits per heavy atom. The van der Waals surface area contributed by atoms with Crippen LogP contribution in [0, 0.1) is 0 Å². The topological polar surface area (TPSA) is 59.6 Å². The van der Waals surface area contributed by atoms with Gasteiger partial charge in [-0.3, -0.25) is 4.79 Å². The highest BCUT2D eigenvalue weighted by Gasteiger charge is 2.17. The summed E-state index contributed by atoms with van der Waals surface area (Å²) in [4.78, 5) is 12.4. The Kier molecular flexibility index (Phi) is 5.12. The predicted molar refractivity (Wildman–Crippen MR) is 99.4 cm³/mol. The lowest BCUT2D eigenvalue weighted by Gasteiger charge is -2.16. The first-order valence-corrected chi connectivity index (χ1v) is 8.64. The van der Waals surface area contributed by atoms with Gasteiger partial charge in [-0.25, -0.2) is 0 Å². The van der Waals surface area contributed by atoms with Crippen molar-refractivity contribution in [1.29, 1.82) is 0 Å². The number of fused-ring (bicyclic) bond motifs is 1. The smallest absolute Gasteiger partial charge is 0.246 e. The molecule has 2 aromatic rings. The number of benzene rings is 2. The number of hydrogen-bond acceptors (Lipinski definition) is 4. The largest absolute Gasteiger partial charge is 0.454 e. The molecule has 5 nitrogen and oxygen atoms in total. The van der Waals surface area contributed by atoms with Crippen LogP contribution in [0.1, 0.15) is 38.7 Å². The van der Waals surface area contributed by atoms with Gasteiger partial charge in [0.25, 0.3) is 0 Å². The van der Waals surface area contributed by atoms with Gasteiger partial charge in [0.15, 0.2) is 11.5 Å². The molecule has 0 unspecified atom stereocenters. The molecule has 25 heavy (non-hydrogen) atoms. The van der Waals surface area contributed by atoms with Crippen molar-refractivity contribution in [2.75, 3.05) is 17.4 Å². The Balaban J connectivity index is 1.59. The maximum atomic E-state index is 12.4. The number of ether oxygens (including phenoxy) is 2. The number of carbonyl (C=O) groups is 1. The highest BCUT2D eigenvalue weighted by molar-refractivity contribution is 5.96. The number of carbonyl (C=O) groups excluding carboxylic acids is 1. The van der Waals surface area contributed by atoms with Crippen molar-refractivity contribution in [1.82, 2.24) is 0 Å². The maximum absolute atomic E-state index is 12.4. The number of amides is 1. The van der Waals surface area contributed by atoms with E-state index in [-0.39, 0.29) is 18.7 Å². The van der Waals surface area contributed by atoms with Gasteiger partial charge in [-0.2, -0.15) is 0 Å². The molecule has 0 aromatic heterocycles. The minimum absolute atomic E-state index is 0.107. The fourth-order valence-electron chi connectivity index (χ4n) is 2.68. The van der Waals surface area contributed by atoms with Crippen LogP contribution in [-0.2, 0) is 4.79 Å². The SMILES string of the molecule is CC[C@H](C)c1ccc(N[C@H](C)C(=O)Nc2ccc3c(c2)OCO3)cc1. The van der Waals surface area contributed by atoms with Crippen molar-refractivity contribution in [2.45, 2.75) is 39.2 Å². The first kappa shape index (κ1) is 17.1. The van der Waals surface area contributed by atoms with Gasteiger partial charge in [0.1, 0.15) is 6.04 Å². The quantitative estimate of drug-likeness (QED) is 0.820. The number of nitrogens with one attached hydrogen (secondary N) is 2. The second kappa shape index (κ2) is 7.47. The monoisotopic (exact) mass is 340 g/mol. The van der Waals surface area contributed by atoms with Crippen LogP contribution in [-0.4, -0.2) is 18.7 Å². The molecule has 3 rings (SSSR count). The molecule has 1 heterocycles. The highest BCUT2D eigenvalue weighted by atomic mass is 16.7. The van der Waals surface area contributed by atoms with Crippen molar-refractivity contribution in [3.05, 3.63) is 48.0 Å². The Labute approximate surface area is 148 Å². The van der Waals surface area contributed by atoms with Gasteiger partial charge in [0.2, 0.25) is 12.7 Å². The van der Waals surface area contributed by atoms with Gasteiger partial charge < -0.3 is 20.1 Å². The fourth-order valence-corrected chi connectivity index (χ4v) is 2.68. The second-order valence-electron chi connectivity index (χ2n) is 6.35. The average molecular weight is 340 g/mol. The van der Waals surface area contributed by atoms with Crippen molar-refractivity contribution < 1.29 is 14.3 Å². The van der Waals surface area contributed by atoms with Crippen molar-refractivity contribution in [3.63, 3.8) is 0 Å². The summed E-state index contributed by atoms with van der Waals surface area (Å²) >= 11 is 0. The van der Waals surface area contributed by atoms with E-state index >= 15 is 0 Å². The molecule has 1 amide bonds. The van der Waals surface area contributed by atoms with Gasteiger partial charge >= 0.3 is 0 Å². The Morgan fingerprint density at radius 2 is 1.72 bits per heavy atom. The van der Waals surface area contributed by atoms with Crippen LogP contribution >= 0.6 is 0 Å². The van der Waals surface area contributed by atoms with Gasteiger partial charge in [-0.1, -0.05) is 26.0 Å². The van der Waals surface area contributed by atoms with Crippen LogP contribution in [0.15, 0.2) is 42.5 Å². The minimum atomic E-state index is -0.361. The first-order valence-electron chi connectivity index (χ1n) is 8.64. The van der Waals surface area contributed by atoms with E-state index in [2.05, 4.69) is 36.6 Å². The molecule has 132 valence electrons. The summed E-state index contributed by atoms with van der Waals surface area (Å²) in [6.45, 7) is 6.45. The highest BCUT2D eigenvalue weighted by Crippen LogP contribution is 2.34. The standard InChI is InChI=1S/C20H24N2O3/c1-4-13(2)15-5-7-16(8-6-15)21-14(3)20(23)22-17-9-10-18-19(11-17)25-12-24-18/h5-11,13-14,21H,4,12H2,1-3H3,(H,22,23)/t13-,14+/m0/s1. The van der Waals surface area contributed by atoms with Crippen LogP contribution < -0.4 is 20.1 Å². The van der Waals surface area contributed by atoms with E-state index in [1.165, 1.54) is 5.56 Å². The van der Waals surface area contributed by atoms with Crippen molar-refractivity contribution in [3.8, 4) is 11.5 Å². The Bertz CT molecular complexity index is 743. The van der Waals surface area contributed by atoms with E-state index < -0.39 is 0 Å². The summed E-state index contributed by atoms with van der Waals surface area (Å²) in [5, 5.41) is 6.12. The molecular weight excluding hydrogens is 316 g/mol. The minimum Gasteiger partial charge on any atom is -0.454 e. The summed E-state index contributed by atoms with van der Waals surface area (Å²) in [5.74, 6) is 1.79. The predicted octanol–water partition coefficient (Wildman–Crippen LogP) is 4.37. The van der Waals surface area contributed by atoms with Crippen LogP contribution in [0.3, 0.4) is 0 Å². The lowest BCUT2D eigenvalue weighted by molar-refractivity contribution is -0.116. The fraction of sp³-hybridized carbons (Fsp3) is 0.350. The van der Waals surface area contributed by atoms with Crippen LogP contribution in [0.2, 0.25) is 0 Å². The van der Waals surface area contributed by atoms with E-state index in [9.17, 15) is 4.79 Å². The molecule has 0 saturated heterocycles. The molecular formula is C20H24N2O3. The number of anilines is 2. The van der Waals surface area contributed by atoms with Gasteiger partial charge in [-0.05, 0) is 49.1 Å². The van der Waals surface area contributed by atoms with Crippen LogP contribution in [0.25, 0.3) is 0 Å². The summed E-state index contributed by atoms with van der Waals surface area (Å²) < 4.78 is 10.6. The van der Waals surface area contributed by atoms with Gasteiger partial charge in [0, 0.05) is 17.4 Å². The molecule has 1 aliphatic heterocycles. The first-order chi connectivity index (χ1) is 12.1. The molecule has 2 aromatic carbocycles. The van der Waals surface area contributed by atoms with E-state index in [4.69, 9.17) is 9.47 Å². The van der Waals surface area contributed by atoms with E-state index in [0.29, 0.717) is 23.1 Å². The molecule has 2 N–H and O–H groups in total. The van der Waals surface area contributed by atoms with E-state index in [1.54, 1.807) is 18.2 Å². The third kappa shape index (κ3) is 4.05. The molecule has 1 aliphatic rings. The average Bonchev–Trinajstić information content (AvgIpc) is 3.09. The second-order valence-corrected chi connectivity index (χ2v) is 6.35. The molecule has 0 aliphatic carbocycles. The lowest BCUT2D eigenvalue weighted by atomic mass is 9.98. The molecule has 0 bridgehead atoms. The molecule has 5 heteroatoms. The molecule has 0 fully saturated rings. The Morgan fingerprint density at radius 1 is 1.04 bits per heavy atom. The van der Waals surface area contributed by atoms with E-state index in [0.717, 1.165) is 12.1 Å². The van der Waals surface area contributed by atoms with Crippen LogP contribution in [0.5, 0.6) is 11.5 Å². The lowest BCUT2D eigenvalue weighted by Crippen LogP contribution is -2.31. The number of hydrogen-bond donors (Lipinski definition) is 2. The van der Waals surface area contributed by atoms with Crippen molar-refractivity contribution in [2.24, 2.45) is 0 Å². The third-order valence-electron chi connectivity index (χ3n) is 4.51. The summed E-state index contributed by atoms with van der Waals surface area (Å²) in [6, 6.07) is 13.3. The van der Waals surface area contributed by atoms with Crippen LogP contribution in [0.4, 0.5) is 11.4 Å². The maximum Gasteiger partial charge on any atom is 0.246 e. The van der Waals surface area contributed by atoms with E-state index in [1.807, 2.05) is 19.1 Å². The normalized spacial score (nSPS) is 14.7. The Hall–Kier alpha value is -2.69. The zero-order chi connectivity index (χ0) is 17.8. The van der Waals surface area contributed by atoms with Gasteiger partial charge in [0.05, 0.1) is 0 Å². The molecule has 0 radical (unpaired) electrons. The number of rotatable bonds is 6. The summed E-state index contributed by atoms with van der Waals surface area (Å²) in [6.07, 6.45) is 1.11. The summed E-state index contributed by atoms with van der Waals surface area (Å²) in [7, 11) is 0. The van der Waals surface area contributed by atoms with Crippen molar-refractivity contribution >= 4 is 17.3 Å². The molecule has 0 spiro atoms. The molecule has 2 atom stereocenters. The summed E-state index contributed by atoms with van der Waals surface area (Å²) in [5.41, 5.74) is 2.93. The van der Waals surface area contributed by atoms with Gasteiger partial charge in [-0.15, -0.1) is 0 Å². The zero-order valence-corrected chi connectivity index (χ0v) is 14.8. The molecule has 0 saturated carbocycles. The third-order valence-corrected chi connectivity index (χ3v) is 4.51.